The number of nitrogens with one attached hydrogen (secondary N) is 3. The number of amides is 3. The Morgan fingerprint density at radius 3 is 2.30 bits per heavy atom. The van der Waals surface area contributed by atoms with Crippen LogP contribution in [-0.4, -0.2) is 45.5 Å². The molecule has 0 spiro atoms. The number of benzene rings is 1. The smallest absolute Gasteiger partial charge is 0.325 e. The number of hydrogen-bond acceptors (Lipinski definition) is 6. The molecule has 0 aromatic heterocycles. The van der Waals surface area contributed by atoms with Gasteiger partial charge in [-0.05, 0) is 31.0 Å². The van der Waals surface area contributed by atoms with Crippen molar-refractivity contribution in [2.24, 2.45) is 5.92 Å². The molecule has 0 aliphatic rings. The number of halogens is 1. The maximum atomic E-state index is 12.5. The third-order valence-corrected chi connectivity index (χ3v) is 5.11. The molecule has 3 amide bonds. The molecule has 0 radical (unpaired) electrons. The lowest BCUT2D eigenvalue weighted by Crippen LogP contribution is -2.48. The molecule has 2 atom stereocenters. The largest absolute Gasteiger partial charge is 0.451 e. The molecule has 150 valence electrons. The van der Waals surface area contributed by atoms with Crippen LogP contribution < -0.4 is 15.4 Å². The number of hydrogen-bond donors (Lipinski definition) is 3. The minimum absolute atomic E-state index is 0.112. The summed E-state index contributed by atoms with van der Waals surface area (Å²) in [6, 6.07) is 3.54. The molecular formula is C16H22ClN3O6S. The van der Waals surface area contributed by atoms with E-state index < -0.39 is 46.0 Å². The number of imide groups is 1. The fourth-order valence-corrected chi connectivity index (χ4v) is 3.54. The number of esters is 1. The summed E-state index contributed by atoms with van der Waals surface area (Å²) in [5, 5.41) is 4.37. The number of rotatable bonds is 7. The van der Waals surface area contributed by atoms with Gasteiger partial charge in [-0.25, -0.2) is 13.2 Å². The quantitative estimate of drug-likeness (QED) is 0.566. The van der Waals surface area contributed by atoms with Crippen molar-refractivity contribution in [2.75, 3.05) is 7.05 Å². The molecule has 0 bridgehead atoms. The normalized spacial score (nSPS) is 13.6. The van der Waals surface area contributed by atoms with E-state index >= 15 is 0 Å². The summed E-state index contributed by atoms with van der Waals surface area (Å²) in [6.07, 6.45) is -1.30. The van der Waals surface area contributed by atoms with Gasteiger partial charge >= 0.3 is 12.0 Å². The first kappa shape index (κ1) is 22.9. The Bertz CT molecular complexity index is 812. The van der Waals surface area contributed by atoms with Gasteiger partial charge in [0.15, 0.2) is 6.10 Å². The highest BCUT2D eigenvalue weighted by molar-refractivity contribution is 7.89. The average Bonchev–Trinajstić information content (AvgIpc) is 2.59. The minimum Gasteiger partial charge on any atom is -0.451 e. The Morgan fingerprint density at radius 1 is 1.15 bits per heavy atom. The predicted octanol–water partition coefficient (Wildman–Crippen LogP) is 1.03. The van der Waals surface area contributed by atoms with Crippen LogP contribution in [0, 0.1) is 5.92 Å². The van der Waals surface area contributed by atoms with Crippen LogP contribution in [0.2, 0.25) is 5.02 Å². The summed E-state index contributed by atoms with van der Waals surface area (Å²) in [4.78, 5) is 35.2. The molecule has 3 N–H and O–H groups in total. The predicted molar refractivity (Wildman–Crippen MR) is 98.6 cm³/mol. The lowest BCUT2D eigenvalue weighted by atomic mass is 10.1. The van der Waals surface area contributed by atoms with Crippen LogP contribution >= 0.6 is 11.6 Å². The second-order valence-electron chi connectivity index (χ2n) is 5.95. The number of urea groups is 1. The third-order valence-electron chi connectivity index (χ3n) is 3.44. The Balaban J connectivity index is 2.90. The molecule has 1 aromatic rings. The maximum Gasteiger partial charge on any atom is 0.325 e. The number of carbonyl (C=O) groups excluding carboxylic acids is 3. The van der Waals surface area contributed by atoms with Crippen LogP contribution in [0.25, 0.3) is 0 Å². The second kappa shape index (κ2) is 9.67. The molecule has 27 heavy (non-hydrogen) atoms. The topological polar surface area (TPSA) is 131 Å². The second-order valence-corrected chi connectivity index (χ2v) is 8.10. The molecule has 0 aliphatic heterocycles. The van der Waals surface area contributed by atoms with E-state index in [0.29, 0.717) is 0 Å². The first-order valence-electron chi connectivity index (χ1n) is 7.99. The zero-order valence-electron chi connectivity index (χ0n) is 15.3. The third kappa shape index (κ3) is 6.81. The van der Waals surface area contributed by atoms with Crippen molar-refractivity contribution in [1.82, 2.24) is 15.4 Å². The first-order chi connectivity index (χ1) is 12.5. The highest BCUT2D eigenvalue weighted by Crippen LogP contribution is 2.17. The van der Waals surface area contributed by atoms with Crippen molar-refractivity contribution in [3.8, 4) is 0 Å². The Hall–Kier alpha value is -2.17. The van der Waals surface area contributed by atoms with E-state index in [9.17, 15) is 22.8 Å². The molecule has 11 heteroatoms. The summed E-state index contributed by atoms with van der Waals surface area (Å²) in [7, 11) is -2.73. The molecule has 0 unspecified atom stereocenters. The van der Waals surface area contributed by atoms with Gasteiger partial charge in [-0.15, -0.1) is 0 Å². The fourth-order valence-electron chi connectivity index (χ4n) is 1.90. The van der Waals surface area contributed by atoms with E-state index in [1.165, 1.54) is 38.2 Å². The van der Waals surface area contributed by atoms with Gasteiger partial charge in [-0.2, -0.15) is 4.72 Å². The summed E-state index contributed by atoms with van der Waals surface area (Å²) in [5.74, 6) is -2.27. The van der Waals surface area contributed by atoms with Crippen LogP contribution in [-0.2, 0) is 24.3 Å². The van der Waals surface area contributed by atoms with Crippen LogP contribution in [0.4, 0.5) is 4.79 Å². The number of carbonyl (C=O) groups is 3. The van der Waals surface area contributed by atoms with Crippen molar-refractivity contribution in [3.63, 3.8) is 0 Å². The first-order valence-corrected chi connectivity index (χ1v) is 9.85. The fraction of sp³-hybridized carbons (Fsp3) is 0.438. The molecule has 0 saturated heterocycles. The summed E-state index contributed by atoms with van der Waals surface area (Å²) < 4.78 is 32.3. The van der Waals surface area contributed by atoms with Crippen molar-refractivity contribution < 1.29 is 27.5 Å². The van der Waals surface area contributed by atoms with Crippen molar-refractivity contribution in [1.29, 1.82) is 0 Å². The van der Waals surface area contributed by atoms with Gasteiger partial charge in [0.1, 0.15) is 6.04 Å². The van der Waals surface area contributed by atoms with Gasteiger partial charge in [0.2, 0.25) is 10.0 Å². The van der Waals surface area contributed by atoms with E-state index in [-0.39, 0.29) is 9.92 Å². The van der Waals surface area contributed by atoms with Crippen LogP contribution in [0.5, 0.6) is 0 Å². The van der Waals surface area contributed by atoms with Gasteiger partial charge in [0.05, 0.1) is 4.90 Å². The SMILES string of the molecule is CNC(=O)NC(=O)[C@@H](C)OC(=O)[C@@H](NS(=O)(=O)c1cccc(Cl)c1)C(C)C. The molecule has 9 nitrogen and oxygen atoms in total. The van der Waals surface area contributed by atoms with Crippen molar-refractivity contribution in [2.45, 2.75) is 37.8 Å². The zero-order chi connectivity index (χ0) is 20.8. The van der Waals surface area contributed by atoms with Gasteiger partial charge in [0, 0.05) is 12.1 Å². The Labute approximate surface area is 162 Å². The van der Waals surface area contributed by atoms with Crippen molar-refractivity contribution >= 4 is 39.5 Å². The van der Waals surface area contributed by atoms with Crippen LogP contribution in [0.1, 0.15) is 20.8 Å². The van der Waals surface area contributed by atoms with E-state index in [0.717, 1.165) is 0 Å². The summed E-state index contributed by atoms with van der Waals surface area (Å²) >= 11 is 5.81. The van der Waals surface area contributed by atoms with Gasteiger partial charge in [-0.3, -0.25) is 14.9 Å². The lowest BCUT2D eigenvalue weighted by molar-refractivity contribution is -0.157. The molecular weight excluding hydrogens is 398 g/mol. The van der Waals surface area contributed by atoms with E-state index in [4.69, 9.17) is 16.3 Å². The zero-order valence-corrected chi connectivity index (χ0v) is 16.8. The standard InChI is InChI=1S/C16H22ClN3O6S/c1-9(2)13(15(22)26-10(3)14(21)19-16(23)18-4)20-27(24,25)12-7-5-6-11(17)8-12/h5-10,13,20H,1-4H3,(H2,18,19,21,23)/t10-,13+/m1/s1. The lowest BCUT2D eigenvalue weighted by Gasteiger charge is -2.22. The maximum absolute atomic E-state index is 12.5. The van der Waals surface area contributed by atoms with Crippen LogP contribution in [0.15, 0.2) is 29.2 Å². The molecule has 1 aromatic carbocycles. The molecule has 1 rings (SSSR count). The molecule has 0 saturated carbocycles. The summed E-state index contributed by atoms with van der Waals surface area (Å²) in [5.41, 5.74) is 0. The highest BCUT2D eigenvalue weighted by atomic mass is 35.5. The van der Waals surface area contributed by atoms with Gasteiger partial charge < -0.3 is 10.1 Å². The molecule has 0 aliphatic carbocycles. The van der Waals surface area contributed by atoms with Gasteiger partial charge in [-0.1, -0.05) is 31.5 Å². The molecule has 0 fully saturated rings. The van der Waals surface area contributed by atoms with E-state index in [1.54, 1.807) is 13.8 Å². The number of sulfonamides is 1. The Morgan fingerprint density at radius 2 is 1.78 bits per heavy atom. The van der Waals surface area contributed by atoms with Gasteiger partial charge in [0.25, 0.3) is 5.91 Å². The molecule has 0 heterocycles. The van der Waals surface area contributed by atoms with E-state index in [2.05, 4.69) is 10.0 Å². The average molecular weight is 420 g/mol. The Kier molecular flexibility index (Phi) is 8.20. The summed E-state index contributed by atoms with van der Waals surface area (Å²) in [6.45, 7) is 4.49. The highest BCUT2D eigenvalue weighted by Gasteiger charge is 2.32. The van der Waals surface area contributed by atoms with E-state index in [1.807, 2.05) is 5.32 Å². The monoisotopic (exact) mass is 419 g/mol. The minimum atomic E-state index is -4.05. The van der Waals surface area contributed by atoms with Crippen LogP contribution in [0.3, 0.4) is 0 Å². The van der Waals surface area contributed by atoms with Crippen molar-refractivity contribution in [3.05, 3.63) is 29.3 Å². The number of ether oxygens (including phenoxy) is 1.